The van der Waals surface area contributed by atoms with E-state index in [-0.39, 0.29) is 0 Å². The maximum atomic E-state index is 4.29. The van der Waals surface area contributed by atoms with E-state index in [4.69, 9.17) is 0 Å². The number of nitrogens with one attached hydrogen (secondary N) is 2. The minimum Gasteiger partial charge on any atom is -0.384 e. The van der Waals surface area contributed by atoms with Crippen molar-refractivity contribution in [3.05, 3.63) is 53.8 Å². The largest absolute Gasteiger partial charge is 0.384 e. The Kier molecular flexibility index (Phi) is 4.58. The van der Waals surface area contributed by atoms with Gasteiger partial charge in [0.05, 0.1) is 5.71 Å². The lowest BCUT2D eigenvalue weighted by Gasteiger charge is -2.15. The molecule has 0 aromatic heterocycles. The third-order valence-electron chi connectivity index (χ3n) is 3.16. The van der Waals surface area contributed by atoms with E-state index in [0.717, 1.165) is 30.1 Å². The van der Waals surface area contributed by atoms with Gasteiger partial charge in [-0.1, -0.05) is 12.6 Å². The maximum Gasteiger partial charge on any atom is 0.0906 e. The predicted octanol–water partition coefficient (Wildman–Crippen LogP) is 2.35. The van der Waals surface area contributed by atoms with Crippen molar-refractivity contribution in [2.45, 2.75) is 6.92 Å². The van der Waals surface area contributed by atoms with Gasteiger partial charge in [0.2, 0.25) is 0 Å². The lowest BCUT2D eigenvalue weighted by atomic mass is 10.0. The lowest BCUT2D eigenvalue weighted by Crippen LogP contribution is -2.21. The van der Waals surface area contributed by atoms with E-state index in [1.54, 1.807) is 0 Å². The van der Waals surface area contributed by atoms with Crippen LogP contribution in [0.2, 0.25) is 0 Å². The first kappa shape index (κ1) is 14.3. The van der Waals surface area contributed by atoms with E-state index in [9.17, 15) is 0 Å². The number of likely N-dealkylation sites (N-methyl/N-ethyl adjacent to an activating group) is 1. The molecular weight excluding hydrogens is 248 g/mol. The minimum absolute atomic E-state index is 0.812. The Morgan fingerprint density at radius 3 is 2.70 bits per heavy atom. The Morgan fingerprint density at radius 1 is 1.30 bits per heavy atom. The van der Waals surface area contributed by atoms with Gasteiger partial charge in [0.15, 0.2) is 0 Å². The summed E-state index contributed by atoms with van der Waals surface area (Å²) >= 11 is 0. The van der Waals surface area contributed by atoms with E-state index in [2.05, 4.69) is 66.5 Å². The third-order valence-corrected chi connectivity index (χ3v) is 3.16. The molecular formula is C16H22N4. The molecule has 0 saturated heterocycles. The number of benzene rings is 1. The smallest absolute Gasteiger partial charge is 0.0906 e. The lowest BCUT2D eigenvalue weighted by molar-refractivity contribution is 0.425. The van der Waals surface area contributed by atoms with Gasteiger partial charge in [0, 0.05) is 30.0 Å². The molecule has 4 heteroatoms. The van der Waals surface area contributed by atoms with Gasteiger partial charge in [0.1, 0.15) is 0 Å². The highest BCUT2D eigenvalue weighted by atomic mass is 15.3. The number of aryl methyl sites for hydroxylation is 1. The number of rotatable bonds is 5. The Labute approximate surface area is 120 Å². The van der Waals surface area contributed by atoms with Gasteiger partial charge in [-0.15, -0.1) is 0 Å². The zero-order valence-electron chi connectivity index (χ0n) is 12.4. The maximum absolute atomic E-state index is 4.29. The first-order valence-electron chi connectivity index (χ1n) is 6.76. The van der Waals surface area contributed by atoms with E-state index in [0.29, 0.717) is 0 Å². The van der Waals surface area contributed by atoms with Gasteiger partial charge < -0.3 is 10.2 Å². The highest BCUT2D eigenvalue weighted by Crippen LogP contribution is 2.18. The van der Waals surface area contributed by atoms with Crippen molar-refractivity contribution in [3.63, 3.8) is 0 Å². The zero-order valence-corrected chi connectivity index (χ0v) is 12.4. The number of nitrogens with zero attached hydrogens (tertiary/aromatic N) is 2. The molecule has 0 saturated carbocycles. The second-order valence-electron chi connectivity index (χ2n) is 5.23. The summed E-state index contributed by atoms with van der Waals surface area (Å²) < 4.78 is 0. The molecule has 2 N–H and O–H groups in total. The number of hydrogen-bond donors (Lipinski definition) is 2. The highest BCUT2D eigenvalue weighted by molar-refractivity contribution is 6.09. The standard InChI is InChI=1S/C16H22N4/c1-12-11-14(16-7-5-13(2)18-19-16)6-8-15(12)17-9-10-20(3)4/h5-8,11,17-18H,2,9-10H2,1,3-4H3. The third kappa shape index (κ3) is 3.71. The van der Waals surface area contributed by atoms with Gasteiger partial charge in [0.25, 0.3) is 0 Å². The molecule has 1 heterocycles. The van der Waals surface area contributed by atoms with E-state index < -0.39 is 0 Å². The van der Waals surface area contributed by atoms with Crippen molar-refractivity contribution < 1.29 is 0 Å². The normalized spacial score (nSPS) is 14.2. The molecule has 0 fully saturated rings. The Balaban J connectivity index is 2.06. The van der Waals surface area contributed by atoms with Crippen LogP contribution < -0.4 is 10.7 Å². The molecule has 0 radical (unpaired) electrons. The average Bonchev–Trinajstić information content (AvgIpc) is 2.41. The number of hydrazone groups is 1. The highest BCUT2D eigenvalue weighted by Gasteiger charge is 2.06. The van der Waals surface area contributed by atoms with Crippen LogP contribution in [0, 0.1) is 6.92 Å². The van der Waals surface area contributed by atoms with Gasteiger partial charge in [-0.25, -0.2) is 0 Å². The second-order valence-corrected chi connectivity index (χ2v) is 5.23. The molecule has 0 amide bonds. The first-order chi connectivity index (χ1) is 9.56. The summed E-state index contributed by atoms with van der Waals surface area (Å²) in [6.07, 6.45) is 3.91. The molecule has 0 bridgehead atoms. The Bertz CT molecular complexity index is 556. The van der Waals surface area contributed by atoms with Crippen LogP contribution in [0.5, 0.6) is 0 Å². The van der Waals surface area contributed by atoms with Crippen LogP contribution in [-0.2, 0) is 0 Å². The van der Waals surface area contributed by atoms with Crippen molar-refractivity contribution in [3.8, 4) is 0 Å². The molecule has 20 heavy (non-hydrogen) atoms. The van der Waals surface area contributed by atoms with Crippen molar-refractivity contribution >= 4 is 11.4 Å². The van der Waals surface area contributed by atoms with Crippen LogP contribution in [0.3, 0.4) is 0 Å². The van der Waals surface area contributed by atoms with Crippen LogP contribution in [-0.4, -0.2) is 37.8 Å². The summed E-state index contributed by atoms with van der Waals surface area (Å²) in [7, 11) is 4.15. The zero-order chi connectivity index (χ0) is 14.5. The number of anilines is 1. The van der Waals surface area contributed by atoms with Crippen LogP contribution in [0.25, 0.3) is 0 Å². The molecule has 0 unspecified atom stereocenters. The minimum atomic E-state index is 0.812. The Morgan fingerprint density at radius 2 is 2.10 bits per heavy atom. The molecule has 1 aliphatic heterocycles. The van der Waals surface area contributed by atoms with Crippen molar-refractivity contribution in [2.24, 2.45) is 5.10 Å². The summed E-state index contributed by atoms with van der Waals surface area (Å²) in [4.78, 5) is 2.16. The molecule has 1 aromatic carbocycles. The fraction of sp³-hybridized carbons (Fsp3) is 0.312. The van der Waals surface area contributed by atoms with Gasteiger partial charge >= 0.3 is 0 Å². The summed E-state index contributed by atoms with van der Waals surface area (Å²) in [5, 5.41) is 7.74. The van der Waals surface area contributed by atoms with E-state index in [1.807, 2.05) is 12.2 Å². The Hall–Kier alpha value is -2.07. The molecule has 0 atom stereocenters. The van der Waals surface area contributed by atoms with Crippen LogP contribution >= 0.6 is 0 Å². The number of allylic oxidation sites excluding steroid dienone is 2. The molecule has 0 aliphatic carbocycles. The summed E-state index contributed by atoms with van der Waals surface area (Å²) in [5.74, 6) is 0. The molecule has 0 spiro atoms. The van der Waals surface area contributed by atoms with Gasteiger partial charge in [-0.05, 0) is 50.9 Å². The molecule has 106 valence electrons. The van der Waals surface area contributed by atoms with E-state index in [1.165, 1.54) is 11.3 Å². The predicted molar refractivity (Wildman–Crippen MR) is 86.2 cm³/mol. The fourth-order valence-electron chi connectivity index (χ4n) is 1.98. The summed E-state index contributed by atoms with van der Waals surface area (Å²) in [5.41, 5.74) is 8.15. The topological polar surface area (TPSA) is 39.7 Å². The van der Waals surface area contributed by atoms with Crippen molar-refractivity contribution in [1.29, 1.82) is 0 Å². The fourth-order valence-corrected chi connectivity index (χ4v) is 1.98. The second kappa shape index (κ2) is 6.39. The van der Waals surface area contributed by atoms with Crippen LogP contribution in [0.4, 0.5) is 5.69 Å². The molecule has 4 nitrogen and oxygen atoms in total. The number of hydrogen-bond acceptors (Lipinski definition) is 4. The average molecular weight is 270 g/mol. The van der Waals surface area contributed by atoms with E-state index >= 15 is 0 Å². The van der Waals surface area contributed by atoms with Gasteiger partial charge in [-0.3, -0.25) is 5.43 Å². The SMILES string of the molecule is C=C1C=CC(c2ccc(NCCN(C)C)c(C)c2)=NN1. The quantitative estimate of drug-likeness (QED) is 0.863. The van der Waals surface area contributed by atoms with Crippen molar-refractivity contribution in [2.75, 3.05) is 32.5 Å². The molecule has 2 rings (SSSR count). The summed E-state index contributed by atoms with van der Waals surface area (Å²) in [6.45, 7) is 7.87. The summed E-state index contributed by atoms with van der Waals surface area (Å²) in [6, 6.07) is 6.35. The molecule has 1 aliphatic rings. The van der Waals surface area contributed by atoms with Crippen LogP contribution in [0.15, 0.2) is 47.7 Å². The van der Waals surface area contributed by atoms with Crippen molar-refractivity contribution in [1.82, 2.24) is 10.3 Å². The van der Waals surface area contributed by atoms with Gasteiger partial charge in [-0.2, -0.15) is 5.10 Å². The first-order valence-corrected chi connectivity index (χ1v) is 6.76. The monoisotopic (exact) mass is 270 g/mol. The molecule has 1 aromatic rings. The van der Waals surface area contributed by atoms with Crippen LogP contribution in [0.1, 0.15) is 11.1 Å².